The number of aliphatic hydroxyl groups excluding tert-OH is 4. The molecule has 0 radical (unpaired) electrons. The van der Waals surface area contributed by atoms with E-state index in [0.29, 0.717) is 0 Å². The molecule has 0 aromatic heterocycles. The molecule has 0 spiro atoms. The highest BCUT2D eigenvalue weighted by atomic mass is 16.4. The van der Waals surface area contributed by atoms with Gasteiger partial charge >= 0.3 is 0 Å². The molecule has 0 aromatic carbocycles. The molecule has 11 heavy (non-hydrogen) atoms. The van der Waals surface area contributed by atoms with E-state index < -0.39 is 30.7 Å². The molecule has 0 heterocycles. The van der Waals surface area contributed by atoms with Crippen molar-refractivity contribution in [2.75, 3.05) is 6.61 Å². The van der Waals surface area contributed by atoms with Crippen LogP contribution in [0.4, 0.5) is 0 Å². The summed E-state index contributed by atoms with van der Waals surface area (Å²) in [5.74, 6) is -0.970. The minimum atomic E-state index is -1.63. The Labute approximate surface area is 63.9 Å². The van der Waals surface area contributed by atoms with Gasteiger partial charge in [-0.1, -0.05) is 0 Å². The van der Waals surface area contributed by atoms with Gasteiger partial charge in [-0.05, 0) is 6.92 Å². The molecule has 0 saturated carbocycles. The predicted octanol–water partition coefficient (Wildman–Crippen LogP) is -2.35. The first-order valence-corrected chi connectivity index (χ1v) is 3.19. The summed E-state index contributed by atoms with van der Waals surface area (Å²) in [6, 6.07) is 0. The van der Waals surface area contributed by atoms with E-state index in [2.05, 4.69) is 0 Å². The van der Waals surface area contributed by atoms with Crippen molar-refractivity contribution in [3.8, 4) is 0 Å². The largest absolute Gasteiger partial charge is 0.393 e. The van der Waals surface area contributed by atoms with Gasteiger partial charge in [-0.15, -0.1) is 0 Å². The average Bonchev–Trinajstić information content (AvgIpc) is 2.00. The Balaban J connectivity index is 4.02. The number of rotatable bonds is 4. The van der Waals surface area contributed by atoms with E-state index in [1.54, 1.807) is 0 Å². The lowest BCUT2D eigenvalue weighted by molar-refractivity contribution is -0.142. The van der Waals surface area contributed by atoms with Crippen LogP contribution < -0.4 is 0 Å². The van der Waals surface area contributed by atoms with Gasteiger partial charge < -0.3 is 20.4 Å². The second-order valence-corrected chi connectivity index (χ2v) is 2.29. The molecular formula is C6H12O5. The topological polar surface area (TPSA) is 98.0 Å². The molecule has 0 aromatic rings. The first-order chi connectivity index (χ1) is 5.00. The van der Waals surface area contributed by atoms with Crippen molar-refractivity contribution >= 4 is 5.78 Å². The second-order valence-electron chi connectivity index (χ2n) is 2.29. The third-order valence-electron chi connectivity index (χ3n) is 1.25. The summed E-state index contributed by atoms with van der Waals surface area (Å²) in [5, 5.41) is 34.4. The summed E-state index contributed by atoms with van der Waals surface area (Å²) in [5.41, 5.74) is 0. The lowest BCUT2D eigenvalue weighted by atomic mass is 10.1. The van der Waals surface area contributed by atoms with E-state index in [-0.39, 0.29) is 0 Å². The first kappa shape index (κ1) is 10.5. The highest BCUT2D eigenvalue weighted by Gasteiger charge is 2.26. The van der Waals surface area contributed by atoms with Crippen molar-refractivity contribution in [1.82, 2.24) is 0 Å². The van der Waals surface area contributed by atoms with Gasteiger partial charge in [0.15, 0.2) is 5.78 Å². The van der Waals surface area contributed by atoms with E-state index in [1.165, 1.54) is 6.92 Å². The highest BCUT2D eigenvalue weighted by Crippen LogP contribution is 1.97. The van der Waals surface area contributed by atoms with Gasteiger partial charge in [-0.2, -0.15) is 0 Å². The first-order valence-electron chi connectivity index (χ1n) is 3.19. The summed E-state index contributed by atoms with van der Waals surface area (Å²) < 4.78 is 0. The lowest BCUT2D eigenvalue weighted by Crippen LogP contribution is -2.40. The number of Topliss-reactive ketones (excluding diaryl/α,β-unsaturated/α-hetero) is 1. The third-order valence-corrected chi connectivity index (χ3v) is 1.25. The number of ketones is 1. The van der Waals surface area contributed by atoms with Crippen LogP contribution in [-0.2, 0) is 4.79 Å². The maximum Gasteiger partial charge on any atom is 0.194 e. The smallest absolute Gasteiger partial charge is 0.194 e. The fourth-order valence-electron chi connectivity index (χ4n) is 0.525. The quantitative estimate of drug-likeness (QED) is 0.373. The monoisotopic (exact) mass is 164 g/mol. The maximum atomic E-state index is 10.7. The van der Waals surface area contributed by atoms with Gasteiger partial charge in [0, 0.05) is 0 Å². The zero-order chi connectivity index (χ0) is 9.02. The summed E-state index contributed by atoms with van der Waals surface area (Å²) in [6.07, 6.45) is -4.47. The third kappa shape index (κ3) is 2.94. The van der Waals surface area contributed by atoms with Crippen LogP contribution in [0, 0.1) is 0 Å². The molecule has 0 aliphatic rings. The Morgan fingerprint density at radius 2 is 1.82 bits per heavy atom. The Morgan fingerprint density at radius 1 is 1.36 bits per heavy atom. The van der Waals surface area contributed by atoms with E-state index in [0.717, 1.165) is 0 Å². The van der Waals surface area contributed by atoms with Crippen LogP contribution in [0.3, 0.4) is 0 Å². The Hall–Kier alpha value is -0.490. The fraction of sp³-hybridized carbons (Fsp3) is 0.833. The number of carbonyl (C=O) groups is 1. The molecule has 0 rings (SSSR count). The van der Waals surface area contributed by atoms with Crippen LogP contribution >= 0.6 is 0 Å². The maximum absolute atomic E-state index is 10.7. The molecule has 0 aliphatic carbocycles. The Bertz CT molecular complexity index is 133. The van der Waals surface area contributed by atoms with Crippen LogP contribution in [-0.4, -0.2) is 51.1 Å². The fourth-order valence-corrected chi connectivity index (χ4v) is 0.525. The van der Waals surface area contributed by atoms with Gasteiger partial charge in [-0.3, -0.25) is 4.79 Å². The molecular weight excluding hydrogens is 152 g/mol. The van der Waals surface area contributed by atoms with Crippen molar-refractivity contribution in [3.05, 3.63) is 0 Å². The van der Waals surface area contributed by atoms with Gasteiger partial charge in [-0.25, -0.2) is 0 Å². The summed E-state index contributed by atoms with van der Waals surface area (Å²) in [7, 11) is 0. The summed E-state index contributed by atoms with van der Waals surface area (Å²) in [6.45, 7) is 0.468. The molecule has 66 valence electrons. The van der Waals surface area contributed by atoms with Gasteiger partial charge in [0.2, 0.25) is 0 Å². The summed E-state index contributed by atoms with van der Waals surface area (Å²) in [4.78, 5) is 10.7. The SMILES string of the molecule is C[C@H](O)[C@@H](O)C(=O)C(O)CO. The van der Waals surface area contributed by atoms with Crippen molar-refractivity contribution < 1.29 is 25.2 Å². The number of carbonyl (C=O) groups excluding carboxylic acids is 1. The second kappa shape index (κ2) is 4.40. The molecule has 5 heteroatoms. The molecule has 0 bridgehead atoms. The molecule has 0 amide bonds. The highest BCUT2D eigenvalue weighted by molar-refractivity contribution is 5.87. The molecule has 0 aliphatic heterocycles. The van der Waals surface area contributed by atoms with Crippen LogP contribution in [0.5, 0.6) is 0 Å². The van der Waals surface area contributed by atoms with Gasteiger partial charge in [0.05, 0.1) is 12.7 Å². The van der Waals surface area contributed by atoms with Crippen molar-refractivity contribution in [2.24, 2.45) is 0 Å². The molecule has 4 N–H and O–H groups in total. The molecule has 5 nitrogen and oxygen atoms in total. The average molecular weight is 164 g/mol. The van der Waals surface area contributed by atoms with Crippen molar-refractivity contribution in [3.63, 3.8) is 0 Å². The minimum absolute atomic E-state index is 0.747. The Morgan fingerprint density at radius 3 is 2.09 bits per heavy atom. The van der Waals surface area contributed by atoms with E-state index in [9.17, 15) is 4.79 Å². The van der Waals surface area contributed by atoms with Crippen LogP contribution in [0.25, 0.3) is 0 Å². The lowest BCUT2D eigenvalue weighted by Gasteiger charge is -2.14. The van der Waals surface area contributed by atoms with Crippen molar-refractivity contribution in [2.45, 2.75) is 25.2 Å². The number of aliphatic hydroxyl groups is 4. The zero-order valence-corrected chi connectivity index (χ0v) is 6.14. The molecule has 3 atom stereocenters. The van der Waals surface area contributed by atoms with E-state index >= 15 is 0 Å². The standard InChI is InChI=1S/C6H12O5/c1-3(8)5(10)6(11)4(9)2-7/h3-5,7-10H,2H2,1H3/t3-,4?,5+/m0/s1. The van der Waals surface area contributed by atoms with E-state index in [4.69, 9.17) is 20.4 Å². The van der Waals surface area contributed by atoms with Gasteiger partial charge in [0.1, 0.15) is 12.2 Å². The number of hydrogen-bond acceptors (Lipinski definition) is 5. The summed E-state index contributed by atoms with van der Waals surface area (Å²) >= 11 is 0. The minimum Gasteiger partial charge on any atom is -0.393 e. The van der Waals surface area contributed by atoms with E-state index in [1.807, 2.05) is 0 Å². The molecule has 0 saturated heterocycles. The number of hydrogen-bond donors (Lipinski definition) is 4. The normalized spacial score (nSPS) is 19.0. The zero-order valence-electron chi connectivity index (χ0n) is 6.14. The Kier molecular flexibility index (Phi) is 4.20. The predicted molar refractivity (Wildman–Crippen MR) is 35.8 cm³/mol. The van der Waals surface area contributed by atoms with Crippen LogP contribution in [0.15, 0.2) is 0 Å². The van der Waals surface area contributed by atoms with Crippen LogP contribution in [0.1, 0.15) is 6.92 Å². The van der Waals surface area contributed by atoms with Gasteiger partial charge in [0.25, 0.3) is 0 Å². The molecule has 1 unspecified atom stereocenters. The molecule has 0 fully saturated rings. The van der Waals surface area contributed by atoms with Crippen molar-refractivity contribution in [1.29, 1.82) is 0 Å². The van der Waals surface area contributed by atoms with Crippen LogP contribution in [0.2, 0.25) is 0 Å².